The van der Waals surface area contributed by atoms with Gasteiger partial charge in [0.1, 0.15) is 5.82 Å². The van der Waals surface area contributed by atoms with E-state index in [0.29, 0.717) is 25.9 Å². The maximum atomic E-state index is 13.0. The predicted molar refractivity (Wildman–Crippen MR) is 93.4 cm³/mol. The normalized spacial score (nSPS) is 17.1. The molecule has 0 bridgehead atoms. The SMILES string of the molecule is O=C(CCc1ccc(F)cc1)N(Cc1cccs1)CC1CCCO1. The highest BCUT2D eigenvalue weighted by Gasteiger charge is 2.22. The highest BCUT2D eigenvalue weighted by atomic mass is 32.1. The van der Waals surface area contributed by atoms with Gasteiger partial charge in [-0.3, -0.25) is 4.79 Å². The first-order valence-electron chi connectivity index (χ1n) is 8.37. The Balaban J connectivity index is 1.59. The summed E-state index contributed by atoms with van der Waals surface area (Å²) in [5.74, 6) is -0.119. The van der Waals surface area contributed by atoms with Crippen molar-refractivity contribution in [2.75, 3.05) is 13.2 Å². The minimum absolute atomic E-state index is 0.128. The van der Waals surface area contributed by atoms with Crippen LogP contribution in [0.4, 0.5) is 4.39 Å². The van der Waals surface area contributed by atoms with E-state index in [1.165, 1.54) is 17.0 Å². The highest BCUT2D eigenvalue weighted by Crippen LogP contribution is 2.18. The van der Waals surface area contributed by atoms with Crippen LogP contribution in [0.1, 0.15) is 29.7 Å². The first kappa shape index (κ1) is 17.1. The molecule has 0 radical (unpaired) electrons. The van der Waals surface area contributed by atoms with Crippen LogP contribution < -0.4 is 0 Å². The maximum absolute atomic E-state index is 13.0. The highest BCUT2D eigenvalue weighted by molar-refractivity contribution is 7.09. The van der Waals surface area contributed by atoms with Crippen LogP contribution in [-0.2, 0) is 22.5 Å². The molecule has 24 heavy (non-hydrogen) atoms. The Bertz CT molecular complexity index is 636. The predicted octanol–water partition coefficient (Wildman–Crippen LogP) is 4.03. The van der Waals surface area contributed by atoms with E-state index in [1.54, 1.807) is 23.5 Å². The fourth-order valence-corrected chi connectivity index (χ4v) is 3.66. The first-order valence-corrected chi connectivity index (χ1v) is 9.25. The van der Waals surface area contributed by atoms with Gasteiger partial charge < -0.3 is 9.64 Å². The fourth-order valence-electron chi connectivity index (χ4n) is 2.94. The van der Waals surface area contributed by atoms with Gasteiger partial charge >= 0.3 is 0 Å². The molecule has 3 rings (SSSR count). The van der Waals surface area contributed by atoms with Crippen LogP contribution in [-0.4, -0.2) is 30.1 Å². The van der Waals surface area contributed by atoms with E-state index in [9.17, 15) is 9.18 Å². The number of rotatable bonds is 7. The summed E-state index contributed by atoms with van der Waals surface area (Å²) in [4.78, 5) is 15.8. The zero-order chi connectivity index (χ0) is 16.8. The molecular weight excluding hydrogens is 325 g/mol. The van der Waals surface area contributed by atoms with E-state index in [4.69, 9.17) is 4.74 Å². The summed E-state index contributed by atoms with van der Waals surface area (Å²) in [6, 6.07) is 10.4. The van der Waals surface area contributed by atoms with E-state index < -0.39 is 0 Å². The third-order valence-electron chi connectivity index (χ3n) is 4.27. The molecule has 0 saturated carbocycles. The van der Waals surface area contributed by atoms with Crippen molar-refractivity contribution in [3.8, 4) is 0 Å². The molecule has 1 saturated heterocycles. The molecule has 0 spiro atoms. The molecule has 1 aliphatic rings. The maximum Gasteiger partial charge on any atom is 0.223 e. The summed E-state index contributed by atoms with van der Waals surface area (Å²) >= 11 is 1.67. The van der Waals surface area contributed by atoms with Gasteiger partial charge in [0.05, 0.1) is 12.6 Å². The molecule has 1 aromatic heterocycles. The number of hydrogen-bond acceptors (Lipinski definition) is 3. The van der Waals surface area contributed by atoms with Gasteiger partial charge in [0, 0.05) is 24.4 Å². The topological polar surface area (TPSA) is 29.5 Å². The van der Waals surface area contributed by atoms with E-state index in [0.717, 1.165) is 25.0 Å². The number of hydrogen-bond donors (Lipinski definition) is 0. The van der Waals surface area contributed by atoms with Crippen LogP contribution in [0, 0.1) is 5.82 Å². The van der Waals surface area contributed by atoms with Gasteiger partial charge in [0.25, 0.3) is 0 Å². The molecular formula is C19H22FNO2S. The van der Waals surface area contributed by atoms with Crippen molar-refractivity contribution in [1.82, 2.24) is 4.90 Å². The number of halogens is 1. The Hall–Kier alpha value is -1.72. The summed E-state index contributed by atoms with van der Waals surface area (Å²) in [5.41, 5.74) is 0.984. The number of thiophene rings is 1. The third-order valence-corrected chi connectivity index (χ3v) is 5.13. The van der Waals surface area contributed by atoms with Crippen LogP contribution in [0.2, 0.25) is 0 Å². The summed E-state index contributed by atoms with van der Waals surface area (Å²) in [6.45, 7) is 2.08. The van der Waals surface area contributed by atoms with Crippen molar-refractivity contribution in [2.24, 2.45) is 0 Å². The lowest BCUT2D eigenvalue weighted by molar-refractivity contribution is -0.133. The number of nitrogens with zero attached hydrogens (tertiary/aromatic N) is 1. The van der Waals surface area contributed by atoms with Gasteiger partial charge in [0.15, 0.2) is 0 Å². The number of carbonyl (C=O) groups is 1. The molecule has 2 heterocycles. The summed E-state index contributed by atoms with van der Waals surface area (Å²) in [6.07, 6.45) is 3.31. The molecule has 5 heteroatoms. The second-order valence-corrected chi connectivity index (χ2v) is 7.15. The zero-order valence-corrected chi connectivity index (χ0v) is 14.4. The molecule has 0 aliphatic carbocycles. The lowest BCUT2D eigenvalue weighted by Crippen LogP contribution is -2.36. The van der Waals surface area contributed by atoms with Crippen LogP contribution in [0.25, 0.3) is 0 Å². The van der Waals surface area contributed by atoms with E-state index in [2.05, 4.69) is 6.07 Å². The number of carbonyl (C=O) groups excluding carboxylic acids is 1. The zero-order valence-electron chi connectivity index (χ0n) is 13.6. The number of aryl methyl sites for hydroxylation is 1. The Morgan fingerprint density at radius 1 is 1.29 bits per heavy atom. The second kappa shape index (κ2) is 8.40. The molecule has 1 fully saturated rings. The summed E-state index contributed by atoms with van der Waals surface area (Å²) in [7, 11) is 0. The minimum Gasteiger partial charge on any atom is -0.376 e. The van der Waals surface area contributed by atoms with Gasteiger partial charge in [-0.25, -0.2) is 4.39 Å². The first-order chi connectivity index (χ1) is 11.7. The van der Waals surface area contributed by atoms with Crippen LogP contribution in [0.15, 0.2) is 41.8 Å². The molecule has 1 atom stereocenters. The second-order valence-electron chi connectivity index (χ2n) is 6.12. The third kappa shape index (κ3) is 4.89. The molecule has 1 aliphatic heterocycles. The van der Waals surface area contributed by atoms with Crippen molar-refractivity contribution in [3.63, 3.8) is 0 Å². The van der Waals surface area contributed by atoms with E-state index >= 15 is 0 Å². The van der Waals surface area contributed by atoms with Crippen molar-refractivity contribution < 1.29 is 13.9 Å². The largest absolute Gasteiger partial charge is 0.376 e. The molecule has 1 unspecified atom stereocenters. The van der Waals surface area contributed by atoms with Gasteiger partial charge in [-0.2, -0.15) is 0 Å². The van der Waals surface area contributed by atoms with E-state index in [-0.39, 0.29) is 17.8 Å². The molecule has 128 valence electrons. The lowest BCUT2D eigenvalue weighted by Gasteiger charge is -2.25. The standard InChI is InChI=1S/C19H22FNO2S/c20-16-8-5-15(6-9-16)7-10-19(22)21(13-17-3-1-11-23-17)14-18-4-2-12-24-18/h2,4-6,8-9,12,17H,1,3,7,10-11,13-14H2. The van der Waals surface area contributed by atoms with Crippen LogP contribution in [0.3, 0.4) is 0 Å². The molecule has 3 nitrogen and oxygen atoms in total. The Labute approximate surface area is 146 Å². The van der Waals surface area contributed by atoms with Crippen molar-refractivity contribution in [3.05, 3.63) is 58.0 Å². The van der Waals surface area contributed by atoms with Crippen LogP contribution >= 0.6 is 11.3 Å². The number of benzene rings is 1. The van der Waals surface area contributed by atoms with Crippen molar-refractivity contribution >= 4 is 17.2 Å². The summed E-state index contributed by atoms with van der Waals surface area (Å²) < 4.78 is 18.7. The van der Waals surface area contributed by atoms with Gasteiger partial charge in [-0.05, 0) is 48.4 Å². The number of amides is 1. The molecule has 1 aromatic carbocycles. The fraction of sp³-hybridized carbons (Fsp3) is 0.421. The van der Waals surface area contributed by atoms with E-state index in [1.807, 2.05) is 16.3 Å². The molecule has 0 N–H and O–H groups in total. The smallest absolute Gasteiger partial charge is 0.223 e. The average Bonchev–Trinajstić information content (AvgIpc) is 3.27. The number of ether oxygens (including phenoxy) is 1. The molecule has 1 amide bonds. The average molecular weight is 347 g/mol. The van der Waals surface area contributed by atoms with Gasteiger partial charge in [-0.15, -0.1) is 11.3 Å². The molecule has 2 aromatic rings. The minimum atomic E-state index is -0.247. The van der Waals surface area contributed by atoms with Crippen LogP contribution in [0.5, 0.6) is 0 Å². The van der Waals surface area contributed by atoms with Gasteiger partial charge in [-0.1, -0.05) is 18.2 Å². The monoisotopic (exact) mass is 347 g/mol. The Morgan fingerprint density at radius 2 is 2.12 bits per heavy atom. The van der Waals surface area contributed by atoms with Gasteiger partial charge in [0.2, 0.25) is 5.91 Å². The van der Waals surface area contributed by atoms with Crippen molar-refractivity contribution in [1.29, 1.82) is 0 Å². The van der Waals surface area contributed by atoms with Crippen molar-refractivity contribution in [2.45, 2.75) is 38.3 Å². The Kier molecular flexibility index (Phi) is 5.99. The lowest BCUT2D eigenvalue weighted by atomic mass is 10.1. The Morgan fingerprint density at radius 3 is 2.79 bits per heavy atom. The quantitative estimate of drug-likeness (QED) is 0.757. The summed E-state index contributed by atoms with van der Waals surface area (Å²) in [5, 5.41) is 2.03.